The van der Waals surface area contributed by atoms with Crippen LogP contribution in [0.2, 0.25) is 5.02 Å². The minimum atomic E-state index is -0.391. The molecule has 19 heavy (non-hydrogen) atoms. The third-order valence-electron chi connectivity index (χ3n) is 2.90. The van der Waals surface area contributed by atoms with Crippen LogP contribution in [0.5, 0.6) is 0 Å². The molecule has 1 aromatic heterocycles. The first-order valence-corrected chi connectivity index (χ1v) is 6.26. The number of benzene rings is 1. The van der Waals surface area contributed by atoms with Crippen molar-refractivity contribution in [2.45, 2.75) is 13.0 Å². The van der Waals surface area contributed by atoms with E-state index >= 15 is 0 Å². The Labute approximate surface area is 115 Å². The van der Waals surface area contributed by atoms with Gasteiger partial charge in [0.15, 0.2) is 0 Å². The van der Waals surface area contributed by atoms with Crippen LogP contribution in [0.25, 0.3) is 0 Å². The van der Waals surface area contributed by atoms with Gasteiger partial charge in [-0.15, -0.1) is 0 Å². The van der Waals surface area contributed by atoms with Crippen LogP contribution in [0.3, 0.4) is 0 Å². The highest BCUT2D eigenvalue weighted by atomic mass is 35.5. The lowest BCUT2D eigenvalue weighted by atomic mass is 10.1. The Morgan fingerprint density at radius 1 is 1.37 bits per heavy atom. The molecule has 0 spiro atoms. The molecule has 1 heterocycles. The molecule has 2 N–H and O–H groups in total. The fourth-order valence-electron chi connectivity index (χ4n) is 2.02. The van der Waals surface area contributed by atoms with E-state index in [0.717, 1.165) is 12.1 Å². The maximum absolute atomic E-state index is 11.0. The van der Waals surface area contributed by atoms with Gasteiger partial charge in [0.25, 0.3) is 5.69 Å². The molecule has 0 atom stereocenters. The summed E-state index contributed by atoms with van der Waals surface area (Å²) in [4.78, 5) is 10.6. The second-order valence-electron chi connectivity index (χ2n) is 4.20. The van der Waals surface area contributed by atoms with Crippen LogP contribution in [0, 0.1) is 10.1 Å². The highest BCUT2D eigenvalue weighted by Crippen LogP contribution is 2.24. The summed E-state index contributed by atoms with van der Waals surface area (Å²) < 4.78 is 1.95. The van der Waals surface area contributed by atoms with Crippen LogP contribution >= 0.6 is 11.6 Å². The van der Waals surface area contributed by atoms with Crippen LogP contribution in [0.1, 0.15) is 11.3 Å². The van der Waals surface area contributed by atoms with Crippen molar-refractivity contribution in [3.05, 3.63) is 62.9 Å². The molecule has 0 fully saturated rings. The van der Waals surface area contributed by atoms with Gasteiger partial charge in [0.2, 0.25) is 0 Å². The topological polar surface area (TPSA) is 74.1 Å². The Morgan fingerprint density at radius 2 is 2.16 bits per heavy atom. The van der Waals surface area contributed by atoms with E-state index in [4.69, 9.17) is 17.3 Å². The van der Waals surface area contributed by atoms with Crippen molar-refractivity contribution in [1.29, 1.82) is 0 Å². The van der Waals surface area contributed by atoms with Crippen LogP contribution < -0.4 is 5.73 Å². The van der Waals surface area contributed by atoms with E-state index in [1.165, 1.54) is 12.1 Å². The van der Waals surface area contributed by atoms with Crippen molar-refractivity contribution >= 4 is 17.3 Å². The molecule has 0 aliphatic carbocycles. The molecule has 0 aliphatic heterocycles. The van der Waals surface area contributed by atoms with Crippen molar-refractivity contribution in [3.63, 3.8) is 0 Å². The zero-order chi connectivity index (χ0) is 13.8. The number of nitro benzene ring substituents is 1. The van der Waals surface area contributed by atoms with Gasteiger partial charge in [-0.1, -0.05) is 11.6 Å². The Morgan fingerprint density at radius 3 is 2.84 bits per heavy atom. The number of nitrogens with two attached hydrogens (primary N) is 1. The maximum Gasteiger partial charge on any atom is 0.274 e. The molecule has 0 unspecified atom stereocenters. The first-order chi connectivity index (χ1) is 9.11. The van der Waals surface area contributed by atoms with Crippen LogP contribution in [-0.2, 0) is 13.0 Å². The third kappa shape index (κ3) is 3.13. The normalized spacial score (nSPS) is 10.6. The van der Waals surface area contributed by atoms with Gasteiger partial charge in [-0.25, -0.2) is 0 Å². The van der Waals surface area contributed by atoms with Crippen molar-refractivity contribution in [1.82, 2.24) is 4.57 Å². The highest BCUT2D eigenvalue weighted by molar-refractivity contribution is 6.30. The van der Waals surface area contributed by atoms with Crippen LogP contribution in [0.4, 0.5) is 5.69 Å². The number of halogens is 1. The van der Waals surface area contributed by atoms with E-state index in [1.807, 2.05) is 22.9 Å². The molecule has 0 saturated heterocycles. The number of aromatic nitrogens is 1. The summed E-state index contributed by atoms with van der Waals surface area (Å²) in [6.45, 7) is 0.959. The summed E-state index contributed by atoms with van der Waals surface area (Å²) in [5.41, 5.74) is 7.26. The first kappa shape index (κ1) is 13.6. The standard InChI is InChI=1S/C13H14ClN3O2/c14-11-3-4-13(17(18)19)10(8-11)9-16-7-1-2-12(16)5-6-15/h1-4,7-8H,5-6,9,15H2. The molecule has 1 aromatic carbocycles. The summed E-state index contributed by atoms with van der Waals surface area (Å²) in [5.74, 6) is 0. The Balaban J connectivity index is 2.34. The van der Waals surface area contributed by atoms with Gasteiger partial charge in [0.05, 0.1) is 17.0 Å². The molecule has 2 aromatic rings. The lowest BCUT2D eigenvalue weighted by Gasteiger charge is -2.09. The van der Waals surface area contributed by atoms with Gasteiger partial charge in [0.1, 0.15) is 0 Å². The van der Waals surface area contributed by atoms with Gasteiger partial charge in [0, 0.05) is 23.0 Å². The quantitative estimate of drug-likeness (QED) is 0.675. The minimum Gasteiger partial charge on any atom is -0.347 e. The molecular formula is C13H14ClN3O2. The summed E-state index contributed by atoms with van der Waals surface area (Å²) in [7, 11) is 0. The first-order valence-electron chi connectivity index (χ1n) is 5.88. The lowest BCUT2D eigenvalue weighted by molar-refractivity contribution is -0.385. The largest absolute Gasteiger partial charge is 0.347 e. The number of rotatable bonds is 5. The second-order valence-corrected chi connectivity index (χ2v) is 4.63. The van der Waals surface area contributed by atoms with Crippen molar-refractivity contribution in [2.75, 3.05) is 6.54 Å². The van der Waals surface area contributed by atoms with Crippen LogP contribution in [-0.4, -0.2) is 16.0 Å². The molecule has 100 valence electrons. The third-order valence-corrected chi connectivity index (χ3v) is 3.14. The Kier molecular flexibility index (Phi) is 4.19. The van der Waals surface area contributed by atoms with E-state index in [9.17, 15) is 10.1 Å². The Bertz CT molecular complexity index is 595. The maximum atomic E-state index is 11.0. The molecule has 6 heteroatoms. The van der Waals surface area contributed by atoms with Crippen molar-refractivity contribution in [3.8, 4) is 0 Å². The van der Waals surface area contributed by atoms with Gasteiger partial charge in [-0.3, -0.25) is 10.1 Å². The molecule has 0 amide bonds. The van der Waals surface area contributed by atoms with Gasteiger partial charge in [-0.05, 0) is 37.2 Å². The molecular weight excluding hydrogens is 266 g/mol. The average molecular weight is 280 g/mol. The molecule has 0 aliphatic rings. The molecule has 0 radical (unpaired) electrons. The lowest BCUT2D eigenvalue weighted by Crippen LogP contribution is -2.10. The minimum absolute atomic E-state index is 0.0804. The predicted octanol–water partition coefficient (Wildman–Crippen LogP) is 2.60. The number of hydrogen-bond acceptors (Lipinski definition) is 3. The van der Waals surface area contributed by atoms with E-state index in [-0.39, 0.29) is 5.69 Å². The summed E-state index contributed by atoms with van der Waals surface area (Å²) >= 11 is 5.91. The van der Waals surface area contributed by atoms with Gasteiger partial charge < -0.3 is 10.3 Å². The fraction of sp³-hybridized carbons (Fsp3) is 0.231. The zero-order valence-electron chi connectivity index (χ0n) is 10.3. The summed E-state index contributed by atoms with van der Waals surface area (Å²) in [6.07, 6.45) is 2.62. The number of nitrogens with zero attached hydrogens (tertiary/aromatic N) is 2. The molecule has 0 bridgehead atoms. The fourth-order valence-corrected chi connectivity index (χ4v) is 2.22. The van der Waals surface area contributed by atoms with Gasteiger partial charge >= 0.3 is 0 Å². The second kappa shape index (κ2) is 5.86. The van der Waals surface area contributed by atoms with Crippen molar-refractivity contribution in [2.24, 2.45) is 5.73 Å². The number of nitro groups is 1. The highest BCUT2D eigenvalue weighted by Gasteiger charge is 2.14. The van der Waals surface area contributed by atoms with E-state index < -0.39 is 4.92 Å². The van der Waals surface area contributed by atoms with E-state index in [1.54, 1.807) is 6.07 Å². The Hall–Kier alpha value is -1.85. The monoisotopic (exact) mass is 279 g/mol. The smallest absolute Gasteiger partial charge is 0.274 e. The van der Waals surface area contributed by atoms with Crippen molar-refractivity contribution < 1.29 is 4.92 Å². The predicted molar refractivity (Wildman–Crippen MR) is 74.4 cm³/mol. The SMILES string of the molecule is NCCc1cccn1Cc1cc(Cl)ccc1[N+](=O)[O-]. The summed E-state index contributed by atoms with van der Waals surface area (Å²) in [5, 5.41) is 11.5. The zero-order valence-corrected chi connectivity index (χ0v) is 11.0. The number of hydrogen-bond donors (Lipinski definition) is 1. The van der Waals surface area contributed by atoms with E-state index in [0.29, 0.717) is 23.7 Å². The average Bonchev–Trinajstić information content (AvgIpc) is 2.77. The summed E-state index contributed by atoms with van der Waals surface area (Å²) in [6, 6.07) is 8.46. The molecule has 0 saturated carbocycles. The van der Waals surface area contributed by atoms with Crippen LogP contribution in [0.15, 0.2) is 36.5 Å². The van der Waals surface area contributed by atoms with E-state index in [2.05, 4.69) is 0 Å². The molecule has 2 rings (SSSR count). The molecule has 5 nitrogen and oxygen atoms in total. The van der Waals surface area contributed by atoms with Gasteiger partial charge in [-0.2, -0.15) is 0 Å².